The molecule has 21 heavy (non-hydrogen) atoms. The number of para-hydroxylation sites is 1. The summed E-state index contributed by atoms with van der Waals surface area (Å²) >= 11 is 5.93. The van der Waals surface area contributed by atoms with E-state index in [1.54, 1.807) is 0 Å². The van der Waals surface area contributed by atoms with Crippen molar-refractivity contribution in [1.29, 1.82) is 0 Å². The lowest BCUT2D eigenvalue weighted by Gasteiger charge is -2.14. The molecule has 0 aliphatic rings. The summed E-state index contributed by atoms with van der Waals surface area (Å²) in [6, 6.07) is 16.4. The largest absolute Gasteiger partial charge is 0.461 e. The van der Waals surface area contributed by atoms with E-state index in [9.17, 15) is 0 Å². The molecule has 3 rings (SSSR count). The van der Waals surface area contributed by atoms with Crippen LogP contribution < -0.4 is 5.32 Å². The first kappa shape index (κ1) is 14.2. The molecule has 0 unspecified atom stereocenters. The number of hydrogen-bond donors (Lipinski definition) is 1. The van der Waals surface area contributed by atoms with E-state index >= 15 is 0 Å². The van der Waals surface area contributed by atoms with Gasteiger partial charge in [0.1, 0.15) is 11.3 Å². The van der Waals surface area contributed by atoms with Gasteiger partial charge < -0.3 is 9.73 Å². The summed E-state index contributed by atoms with van der Waals surface area (Å²) in [4.78, 5) is 0. The van der Waals surface area contributed by atoms with Gasteiger partial charge in [0.25, 0.3) is 0 Å². The average Bonchev–Trinajstić information content (AvgIpc) is 2.81. The summed E-state index contributed by atoms with van der Waals surface area (Å²) < 4.78 is 5.80. The van der Waals surface area contributed by atoms with Crippen LogP contribution in [0.3, 0.4) is 0 Å². The Hall–Kier alpha value is -1.77. The fourth-order valence-electron chi connectivity index (χ4n) is 2.57. The van der Waals surface area contributed by atoms with Crippen molar-refractivity contribution in [2.24, 2.45) is 0 Å². The Bertz CT molecular complexity index is 746. The normalized spacial score (nSPS) is 12.7. The van der Waals surface area contributed by atoms with Crippen molar-refractivity contribution in [2.75, 3.05) is 0 Å². The van der Waals surface area contributed by atoms with Crippen LogP contribution in [0.1, 0.15) is 29.9 Å². The van der Waals surface area contributed by atoms with Crippen LogP contribution in [0.25, 0.3) is 11.0 Å². The Balaban J connectivity index is 1.77. The molecule has 0 saturated carbocycles. The Morgan fingerprint density at radius 2 is 1.81 bits per heavy atom. The summed E-state index contributed by atoms with van der Waals surface area (Å²) in [5, 5.41) is 5.50. The van der Waals surface area contributed by atoms with Crippen LogP contribution in [0.15, 0.2) is 52.9 Å². The molecule has 0 radical (unpaired) electrons. The van der Waals surface area contributed by atoms with E-state index in [1.807, 2.05) is 37.3 Å². The summed E-state index contributed by atoms with van der Waals surface area (Å²) in [6.07, 6.45) is 0. The molecule has 1 aromatic heterocycles. The number of furan rings is 1. The van der Waals surface area contributed by atoms with Gasteiger partial charge in [-0.15, -0.1) is 0 Å². The second kappa shape index (κ2) is 5.92. The maximum atomic E-state index is 5.93. The molecule has 1 heterocycles. The number of halogens is 1. The van der Waals surface area contributed by atoms with Crippen molar-refractivity contribution >= 4 is 22.6 Å². The molecule has 108 valence electrons. The quantitative estimate of drug-likeness (QED) is 0.712. The highest BCUT2D eigenvalue weighted by molar-refractivity contribution is 6.30. The second-order valence-corrected chi connectivity index (χ2v) is 5.72. The number of aryl methyl sites for hydroxylation is 1. The lowest BCUT2D eigenvalue weighted by molar-refractivity contribution is 0.544. The van der Waals surface area contributed by atoms with Gasteiger partial charge in [-0.1, -0.05) is 41.9 Å². The molecule has 0 saturated heterocycles. The van der Waals surface area contributed by atoms with Crippen LogP contribution >= 0.6 is 11.6 Å². The van der Waals surface area contributed by atoms with Gasteiger partial charge in [-0.25, -0.2) is 0 Å². The summed E-state index contributed by atoms with van der Waals surface area (Å²) in [5.41, 5.74) is 3.40. The van der Waals surface area contributed by atoms with Crippen molar-refractivity contribution < 1.29 is 4.42 Å². The predicted octanol–water partition coefficient (Wildman–Crippen LogP) is 5.25. The lowest BCUT2D eigenvalue weighted by atomic mass is 10.1. The maximum Gasteiger partial charge on any atom is 0.134 e. The topological polar surface area (TPSA) is 25.2 Å². The summed E-state index contributed by atoms with van der Waals surface area (Å²) in [6.45, 7) is 4.96. The molecule has 0 bridgehead atoms. The van der Waals surface area contributed by atoms with E-state index < -0.39 is 0 Å². The van der Waals surface area contributed by atoms with Gasteiger partial charge in [-0.05, 0) is 37.6 Å². The first-order valence-corrected chi connectivity index (χ1v) is 7.49. The number of rotatable bonds is 4. The highest BCUT2D eigenvalue weighted by atomic mass is 35.5. The van der Waals surface area contributed by atoms with E-state index in [-0.39, 0.29) is 6.04 Å². The van der Waals surface area contributed by atoms with Gasteiger partial charge in [0.05, 0.1) is 0 Å². The Morgan fingerprint density at radius 3 is 2.57 bits per heavy atom. The molecule has 2 aromatic carbocycles. The van der Waals surface area contributed by atoms with Gasteiger partial charge in [0.15, 0.2) is 0 Å². The van der Waals surface area contributed by atoms with E-state index in [4.69, 9.17) is 16.0 Å². The molecule has 3 heteroatoms. The number of hydrogen-bond acceptors (Lipinski definition) is 2. The van der Waals surface area contributed by atoms with Gasteiger partial charge in [0.2, 0.25) is 0 Å². The van der Waals surface area contributed by atoms with Crippen LogP contribution in [0.2, 0.25) is 5.02 Å². The van der Waals surface area contributed by atoms with Gasteiger partial charge in [-0.3, -0.25) is 0 Å². The van der Waals surface area contributed by atoms with Crippen LogP contribution in [0.4, 0.5) is 0 Å². The van der Waals surface area contributed by atoms with Crippen molar-refractivity contribution in [3.8, 4) is 0 Å². The Morgan fingerprint density at radius 1 is 1.10 bits per heavy atom. The van der Waals surface area contributed by atoms with E-state index in [0.717, 1.165) is 22.9 Å². The first-order chi connectivity index (χ1) is 10.1. The predicted molar refractivity (Wildman–Crippen MR) is 87.7 cm³/mol. The first-order valence-electron chi connectivity index (χ1n) is 7.11. The van der Waals surface area contributed by atoms with E-state index in [0.29, 0.717) is 0 Å². The van der Waals surface area contributed by atoms with Gasteiger partial charge in [-0.2, -0.15) is 0 Å². The molecule has 0 aliphatic carbocycles. The fourth-order valence-corrected chi connectivity index (χ4v) is 2.69. The number of fused-ring (bicyclic) bond motifs is 1. The molecule has 1 N–H and O–H groups in total. The number of nitrogens with one attached hydrogen (secondary N) is 1. The third kappa shape index (κ3) is 2.97. The fraction of sp³-hybridized carbons (Fsp3) is 0.222. The Labute approximate surface area is 129 Å². The monoisotopic (exact) mass is 299 g/mol. The highest BCUT2D eigenvalue weighted by Gasteiger charge is 2.12. The van der Waals surface area contributed by atoms with Crippen LogP contribution in [0.5, 0.6) is 0 Å². The average molecular weight is 300 g/mol. The molecular formula is C18H18ClNO. The third-order valence-electron chi connectivity index (χ3n) is 3.86. The van der Waals surface area contributed by atoms with Crippen molar-refractivity contribution in [2.45, 2.75) is 26.4 Å². The molecular weight excluding hydrogens is 282 g/mol. The summed E-state index contributed by atoms with van der Waals surface area (Å²) in [7, 11) is 0. The van der Waals surface area contributed by atoms with Gasteiger partial charge in [0, 0.05) is 28.6 Å². The van der Waals surface area contributed by atoms with Gasteiger partial charge >= 0.3 is 0 Å². The van der Waals surface area contributed by atoms with Crippen LogP contribution in [0, 0.1) is 6.92 Å². The Kier molecular flexibility index (Phi) is 4.00. The molecule has 3 aromatic rings. The molecule has 0 aliphatic heterocycles. The van der Waals surface area contributed by atoms with Crippen LogP contribution in [-0.4, -0.2) is 0 Å². The van der Waals surface area contributed by atoms with Crippen molar-refractivity contribution in [3.05, 3.63) is 70.4 Å². The van der Waals surface area contributed by atoms with Crippen molar-refractivity contribution in [1.82, 2.24) is 5.32 Å². The SMILES string of the molecule is Cc1oc2ccccc2c1CN[C@H](C)c1ccc(Cl)cc1. The van der Waals surface area contributed by atoms with Crippen molar-refractivity contribution in [3.63, 3.8) is 0 Å². The maximum absolute atomic E-state index is 5.93. The molecule has 2 nitrogen and oxygen atoms in total. The van der Waals surface area contributed by atoms with Crippen LogP contribution in [-0.2, 0) is 6.54 Å². The zero-order chi connectivity index (χ0) is 14.8. The molecule has 0 spiro atoms. The zero-order valence-electron chi connectivity index (χ0n) is 12.2. The second-order valence-electron chi connectivity index (χ2n) is 5.29. The third-order valence-corrected chi connectivity index (χ3v) is 4.11. The van der Waals surface area contributed by atoms with E-state index in [2.05, 4.69) is 30.4 Å². The zero-order valence-corrected chi connectivity index (χ0v) is 12.9. The smallest absolute Gasteiger partial charge is 0.134 e. The minimum Gasteiger partial charge on any atom is -0.461 e. The van der Waals surface area contributed by atoms with E-state index in [1.165, 1.54) is 16.5 Å². The minimum atomic E-state index is 0.260. The molecule has 0 fully saturated rings. The summed E-state index contributed by atoms with van der Waals surface area (Å²) in [5.74, 6) is 0.979. The standard InChI is InChI=1S/C18H18ClNO/c1-12(14-7-9-15(19)10-8-14)20-11-17-13(2)21-18-6-4-3-5-16(17)18/h3-10,12,20H,11H2,1-2H3/t12-/m1/s1. The minimum absolute atomic E-state index is 0.260. The highest BCUT2D eigenvalue weighted by Crippen LogP contribution is 2.26. The molecule has 1 atom stereocenters. The molecule has 0 amide bonds. The lowest BCUT2D eigenvalue weighted by Crippen LogP contribution is -2.18. The number of benzene rings is 2.